The molecule has 0 aliphatic heterocycles. The van der Waals surface area contributed by atoms with Gasteiger partial charge in [0.1, 0.15) is 0 Å². The van der Waals surface area contributed by atoms with E-state index in [4.69, 9.17) is 0 Å². The van der Waals surface area contributed by atoms with Crippen molar-refractivity contribution in [3.8, 4) is 0 Å². The van der Waals surface area contributed by atoms with Crippen molar-refractivity contribution >= 4 is 21.6 Å². The number of carbonyl (C=O) groups is 1. The average molecular weight is 439 g/mol. The summed E-state index contributed by atoms with van der Waals surface area (Å²) in [6, 6.07) is 24.5. The van der Waals surface area contributed by atoms with Crippen molar-refractivity contribution in [3.05, 3.63) is 96.1 Å². The molecule has 1 amide bonds. The van der Waals surface area contributed by atoms with Crippen molar-refractivity contribution < 1.29 is 18.3 Å². The summed E-state index contributed by atoms with van der Waals surface area (Å²) in [4.78, 5) is 14.7. The second kappa shape index (κ2) is 10.2. The Morgan fingerprint density at radius 2 is 1.52 bits per heavy atom. The van der Waals surface area contributed by atoms with Crippen LogP contribution in [0, 0.1) is 0 Å². The fourth-order valence-corrected chi connectivity index (χ4v) is 4.49. The minimum absolute atomic E-state index is 0.0386. The third-order valence-corrected chi connectivity index (χ3v) is 6.81. The van der Waals surface area contributed by atoms with Gasteiger partial charge in [-0.3, -0.25) is 9.10 Å². The highest BCUT2D eigenvalue weighted by atomic mass is 32.2. The van der Waals surface area contributed by atoms with Gasteiger partial charge in [0.05, 0.1) is 17.2 Å². The minimum Gasteiger partial charge on any atom is -0.395 e. The van der Waals surface area contributed by atoms with Crippen LogP contribution in [0.25, 0.3) is 0 Å². The van der Waals surface area contributed by atoms with Gasteiger partial charge < -0.3 is 10.0 Å². The molecule has 0 aliphatic carbocycles. The van der Waals surface area contributed by atoms with E-state index in [9.17, 15) is 18.3 Å². The molecule has 0 spiro atoms. The molecule has 0 heterocycles. The number of aliphatic hydroxyl groups excluding tert-OH is 1. The summed E-state index contributed by atoms with van der Waals surface area (Å²) in [6.45, 7) is 0.423. The summed E-state index contributed by atoms with van der Waals surface area (Å²) in [5.74, 6) is -0.315. The molecule has 0 radical (unpaired) electrons. The van der Waals surface area contributed by atoms with Crippen LogP contribution >= 0.6 is 0 Å². The number of anilines is 1. The molecule has 0 atom stereocenters. The maximum Gasteiger partial charge on any atom is 0.264 e. The van der Waals surface area contributed by atoms with Crippen molar-refractivity contribution in [2.24, 2.45) is 0 Å². The second-order valence-corrected chi connectivity index (χ2v) is 9.06. The molecule has 7 heteroatoms. The number of nitrogens with zero attached hydrogens (tertiary/aromatic N) is 2. The lowest BCUT2D eigenvalue weighted by atomic mass is 10.1. The van der Waals surface area contributed by atoms with Gasteiger partial charge in [-0.05, 0) is 42.3 Å². The van der Waals surface area contributed by atoms with Gasteiger partial charge in [-0.2, -0.15) is 0 Å². The normalized spacial score (nSPS) is 11.2. The van der Waals surface area contributed by atoms with Gasteiger partial charge in [0.25, 0.3) is 15.9 Å². The monoisotopic (exact) mass is 438 g/mol. The Hall–Kier alpha value is -3.16. The van der Waals surface area contributed by atoms with Crippen LogP contribution in [-0.4, -0.2) is 51.1 Å². The third kappa shape index (κ3) is 5.51. The van der Waals surface area contributed by atoms with Gasteiger partial charge in [-0.25, -0.2) is 8.42 Å². The lowest BCUT2D eigenvalue weighted by molar-refractivity contribution is 0.0723. The van der Waals surface area contributed by atoms with E-state index in [1.807, 2.05) is 36.4 Å². The van der Waals surface area contributed by atoms with Gasteiger partial charge in [0, 0.05) is 25.7 Å². The first-order valence-corrected chi connectivity index (χ1v) is 11.5. The Bertz CT molecular complexity index is 1100. The van der Waals surface area contributed by atoms with E-state index in [0.29, 0.717) is 18.7 Å². The smallest absolute Gasteiger partial charge is 0.264 e. The summed E-state index contributed by atoms with van der Waals surface area (Å²) >= 11 is 0. The second-order valence-electron chi connectivity index (χ2n) is 7.09. The molecule has 162 valence electrons. The molecule has 0 saturated carbocycles. The summed E-state index contributed by atoms with van der Waals surface area (Å²) in [5, 5.41) is 9.42. The molecule has 31 heavy (non-hydrogen) atoms. The predicted molar refractivity (Wildman–Crippen MR) is 122 cm³/mol. The first kappa shape index (κ1) is 22.5. The van der Waals surface area contributed by atoms with E-state index in [2.05, 4.69) is 0 Å². The Kier molecular flexibility index (Phi) is 7.44. The summed E-state index contributed by atoms with van der Waals surface area (Å²) in [7, 11) is -2.34. The molecule has 3 aromatic rings. The van der Waals surface area contributed by atoms with Crippen LogP contribution in [0.1, 0.15) is 15.9 Å². The van der Waals surface area contributed by atoms with E-state index < -0.39 is 10.0 Å². The number of amides is 1. The van der Waals surface area contributed by atoms with Crippen LogP contribution in [0.3, 0.4) is 0 Å². The van der Waals surface area contributed by atoms with Crippen LogP contribution in [0.2, 0.25) is 0 Å². The molecule has 3 rings (SSSR count). The predicted octanol–water partition coefficient (Wildman–Crippen LogP) is 3.19. The number of benzene rings is 3. The maximum absolute atomic E-state index is 13.1. The number of para-hydroxylation sites is 1. The molecule has 0 saturated heterocycles. The van der Waals surface area contributed by atoms with Crippen molar-refractivity contribution in [1.29, 1.82) is 0 Å². The van der Waals surface area contributed by atoms with Crippen molar-refractivity contribution in [2.45, 2.75) is 11.3 Å². The maximum atomic E-state index is 13.1. The Morgan fingerprint density at radius 1 is 0.871 bits per heavy atom. The number of hydrogen-bond donors (Lipinski definition) is 1. The molecular weight excluding hydrogens is 412 g/mol. The quantitative estimate of drug-likeness (QED) is 0.557. The van der Waals surface area contributed by atoms with Gasteiger partial charge >= 0.3 is 0 Å². The minimum atomic E-state index is -3.83. The van der Waals surface area contributed by atoms with E-state index in [0.717, 1.165) is 5.56 Å². The fraction of sp³-hybridized carbons (Fsp3) is 0.208. The zero-order valence-corrected chi connectivity index (χ0v) is 18.2. The standard InChI is InChI=1S/C24H26N2O4S/c1-25(22-12-6-3-7-13-22)31(29,30)23-14-8-11-21(19-23)24(28)26(17-18-27)16-15-20-9-4-2-5-10-20/h2-14,19,27H,15-18H2,1H3. The lowest BCUT2D eigenvalue weighted by Crippen LogP contribution is -2.35. The van der Waals surface area contributed by atoms with Crippen LogP contribution in [0.15, 0.2) is 89.8 Å². The van der Waals surface area contributed by atoms with E-state index >= 15 is 0 Å². The molecule has 6 nitrogen and oxygen atoms in total. The number of rotatable bonds is 9. The molecule has 0 bridgehead atoms. The highest BCUT2D eigenvalue weighted by molar-refractivity contribution is 7.92. The Labute approximate surface area is 183 Å². The van der Waals surface area contributed by atoms with Gasteiger partial charge in [-0.1, -0.05) is 54.6 Å². The molecule has 0 aromatic heterocycles. The van der Waals surface area contributed by atoms with E-state index in [-0.39, 0.29) is 29.5 Å². The Morgan fingerprint density at radius 3 is 2.16 bits per heavy atom. The number of carbonyl (C=O) groups excluding carboxylic acids is 1. The summed E-state index contributed by atoms with van der Waals surface area (Å²) in [5.41, 5.74) is 1.88. The molecule has 0 unspecified atom stereocenters. The molecular formula is C24H26N2O4S. The van der Waals surface area contributed by atoms with Crippen LogP contribution < -0.4 is 4.31 Å². The van der Waals surface area contributed by atoms with Gasteiger partial charge in [0.2, 0.25) is 0 Å². The van der Waals surface area contributed by atoms with Crippen molar-refractivity contribution in [3.63, 3.8) is 0 Å². The number of hydrogen-bond acceptors (Lipinski definition) is 4. The molecule has 0 fully saturated rings. The highest BCUT2D eigenvalue weighted by Gasteiger charge is 2.23. The van der Waals surface area contributed by atoms with E-state index in [1.165, 1.54) is 23.5 Å². The van der Waals surface area contributed by atoms with Crippen molar-refractivity contribution in [1.82, 2.24) is 4.90 Å². The summed E-state index contributed by atoms with van der Waals surface area (Å²) in [6.07, 6.45) is 0.640. The topological polar surface area (TPSA) is 77.9 Å². The van der Waals surface area contributed by atoms with E-state index in [1.54, 1.807) is 41.3 Å². The number of sulfonamides is 1. The van der Waals surface area contributed by atoms with Crippen LogP contribution in [0.4, 0.5) is 5.69 Å². The summed E-state index contributed by atoms with van der Waals surface area (Å²) < 4.78 is 27.3. The number of aliphatic hydroxyl groups is 1. The molecule has 0 aliphatic rings. The molecule has 1 N–H and O–H groups in total. The van der Waals surface area contributed by atoms with Gasteiger partial charge in [-0.15, -0.1) is 0 Å². The largest absolute Gasteiger partial charge is 0.395 e. The van der Waals surface area contributed by atoms with Crippen molar-refractivity contribution in [2.75, 3.05) is 31.0 Å². The zero-order valence-electron chi connectivity index (χ0n) is 17.4. The average Bonchev–Trinajstić information content (AvgIpc) is 2.82. The Balaban J connectivity index is 1.82. The first-order valence-electron chi connectivity index (χ1n) is 10.0. The van der Waals surface area contributed by atoms with Crippen LogP contribution in [-0.2, 0) is 16.4 Å². The third-order valence-electron chi connectivity index (χ3n) is 5.03. The molecule has 3 aromatic carbocycles. The van der Waals surface area contributed by atoms with Crippen LogP contribution in [0.5, 0.6) is 0 Å². The fourth-order valence-electron chi connectivity index (χ4n) is 3.25. The highest BCUT2D eigenvalue weighted by Crippen LogP contribution is 2.22. The lowest BCUT2D eigenvalue weighted by Gasteiger charge is -2.23. The SMILES string of the molecule is CN(c1ccccc1)S(=O)(=O)c1cccc(C(=O)N(CCO)CCc2ccccc2)c1. The van der Waals surface area contributed by atoms with Gasteiger partial charge in [0.15, 0.2) is 0 Å². The first-order chi connectivity index (χ1) is 14.9. The zero-order chi connectivity index (χ0) is 22.3.